The first-order valence-electron chi connectivity index (χ1n) is 18.3. The van der Waals surface area contributed by atoms with Crippen molar-refractivity contribution >= 4 is 62.5 Å². The Labute approximate surface area is 312 Å². The van der Waals surface area contributed by atoms with Crippen LogP contribution in [-0.4, -0.2) is 55.5 Å². The van der Waals surface area contributed by atoms with Crippen molar-refractivity contribution in [3.05, 3.63) is 124 Å². The highest BCUT2D eigenvalue weighted by Crippen LogP contribution is 2.41. The Kier molecular flexibility index (Phi) is 8.18. The van der Waals surface area contributed by atoms with Crippen LogP contribution in [0.15, 0.2) is 85.1 Å². The van der Waals surface area contributed by atoms with E-state index in [1.165, 1.54) is 27.9 Å². The fourth-order valence-corrected chi connectivity index (χ4v) is 8.71. The minimum absolute atomic E-state index is 0.323. The van der Waals surface area contributed by atoms with Crippen molar-refractivity contribution in [3.8, 4) is 11.5 Å². The molecule has 0 atom stereocenters. The predicted octanol–water partition coefficient (Wildman–Crippen LogP) is 5.73. The SMILES string of the molecule is COc1cccc(C2=C(c3cc4c5c(c3)CCN5CCC4)C(=O)NC2=O)c1.COc1cccc(C2=C(c3cc4c5c(ccn5CCC4)c3)C(=O)NC2=O)c1. The Balaban J connectivity index is 0.000000142. The van der Waals surface area contributed by atoms with E-state index in [1.807, 2.05) is 42.5 Å². The number of nitrogens with zero attached hydrogens (tertiary/aromatic N) is 2. The van der Waals surface area contributed by atoms with Crippen LogP contribution in [-0.2, 0) is 45.0 Å². The Bertz CT molecular complexity index is 2520. The normalized spacial score (nSPS) is 17.1. The second-order valence-electron chi connectivity index (χ2n) is 14.2. The number of carbonyl (C=O) groups is 4. The van der Waals surface area contributed by atoms with E-state index in [9.17, 15) is 19.2 Å². The average Bonchev–Trinajstić information content (AvgIpc) is 3.95. The first-order chi connectivity index (χ1) is 26.3. The summed E-state index contributed by atoms with van der Waals surface area (Å²) in [5, 5.41) is 6.04. The fourth-order valence-electron chi connectivity index (χ4n) is 8.71. The van der Waals surface area contributed by atoms with Gasteiger partial charge < -0.3 is 18.9 Å². The largest absolute Gasteiger partial charge is 0.497 e. The van der Waals surface area contributed by atoms with Crippen LogP contribution in [0.2, 0.25) is 0 Å². The van der Waals surface area contributed by atoms with Crippen molar-refractivity contribution in [2.24, 2.45) is 0 Å². The highest BCUT2D eigenvalue weighted by atomic mass is 16.5. The topological polar surface area (TPSA) is 119 Å². The number of hydrogen-bond acceptors (Lipinski definition) is 7. The van der Waals surface area contributed by atoms with E-state index < -0.39 is 0 Å². The van der Waals surface area contributed by atoms with E-state index in [1.54, 1.807) is 26.4 Å². The molecule has 0 unspecified atom stereocenters. The van der Waals surface area contributed by atoms with Crippen LogP contribution in [0.1, 0.15) is 51.8 Å². The fraction of sp³-hybridized carbons (Fsp3) is 0.227. The van der Waals surface area contributed by atoms with Crippen LogP contribution < -0.4 is 25.0 Å². The molecule has 5 aromatic rings. The standard InChI is InChI=1S/C22H20N2O3.C22H18N2O3/c2*1-27-17-6-2-4-13(12-17)18-19(22(26)23-21(18)25)16-10-14-5-3-8-24-9-7-15(11-16)20(14)24/h2,4,6,10-12H,3,5,7-9H2,1H3,(H,23,25,26);2,4,6-7,9-12H,3,5,8H2,1H3,(H,23,25,26). The zero-order valence-electron chi connectivity index (χ0n) is 30.1. The third-order valence-electron chi connectivity index (χ3n) is 11.1. The lowest BCUT2D eigenvalue weighted by molar-refractivity contribution is -0.124. The third-order valence-corrected chi connectivity index (χ3v) is 11.1. The van der Waals surface area contributed by atoms with E-state index in [-0.39, 0.29) is 23.6 Å². The first-order valence-corrected chi connectivity index (χ1v) is 18.3. The van der Waals surface area contributed by atoms with Gasteiger partial charge in [-0.25, -0.2) is 0 Å². The lowest BCUT2D eigenvalue weighted by atomic mass is 9.91. The first kappa shape index (κ1) is 33.4. The van der Waals surface area contributed by atoms with Gasteiger partial charge in [0.15, 0.2) is 0 Å². The number of aryl methyl sites for hydroxylation is 3. The van der Waals surface area contributed by atoms with Gasteiger partial charge >= 0.3 is 0 Å². The molecule has 270 valence electrons. The number of rotatable bonds is 6. The number of anilines is 1. The summed E-state index contributed by atoms with van der Waals surface area (Å²) >= 11 is 0. The molecule has 1 aromatic heterocycles. The van der Waals surface area contributed by atoms with Crippen molar-refractivity contribution in [2.75, 3.05) is 32.2 Å². The van der Waals surface area contributed by atoms with Crippen LogP contribution in [0.25, 0.3) is 33.2 Å². The summed E-state index contributed by atoms with van der Waals surface area (Å²) in [5.74, 6) is -0.0795. The molecule has 10 heteroatoms. The van der Waals surface area contributed by atoms with Crippen molar-refractivity contribution in [2.45, 2.75) is 38.6 Å². The lowest BCUT2D eigenvalue weighted by Gasteiger charge is -2.27. The summed E-state index contributed by atoms with van der Waals surface area (Å²) in [4.78, 5) is 52.9. The number of carbonyl (C=O) groups excluding carboxylic acids is 4. The van der Waals surface area contributed by atoms with Gasteiger partial charge in [0.05, 0.1) is 42.0 Å². The molecule has 0 aliphatic carbocycles. The number of amides is 4. The number of methoxy groups -OCH3 is 2. The summed E-state index contributed by atoms with van der Waals surface area (Å²) in [5.41, 5.74) is 11.1. The molecule has 0 saturated carbocycles. The predicted molar refractivity (Wildman–Crippen MR) is 207 cm³/mol. The molecule has 2 N–H and O–H groups in total. The molecule has 0 spiro atoms. The van der Waals surface area contributed by atoms with Crippen LogP contribution >= 0.6 is 0 Å². The van der Waals surface area contributed by atoms with E-state index in [4.69, 9.17) is 9.47 Å². The van der Waals surface area contributed by atoms with Gasteiger partial charge in [-0.2, -0.15) is 0 Å². The number of nitrogens with one attached hydrogen (secondary N) is 2. The van der Waals surface area contributed by atoms with Gasteiger partial charge in [-0.05, 0) is 126 Å². The maximum absolute atomic E-state index is 12.7. The number of imide groups is 2. The number of aromatic nitrogens is 1. The number of benzene rings is 4. The molecular formula is C44H38N4O6. The number of hydrogen-bond donors (Lipinski definition) is 2. The van der Waals surface area contributed by atoms with Gasteiger partial charge in [-0.15, -0.1) is 0 Å². The summed E-state index contributed by atoms with van der Waals surface area (Å²) in [7, 11) is 3.17. The van der Waals surface area contributed by atoms with Crippen LogP contribution in [0, 0.1) is 0 Å². The van der Waals surface area contributed by atoms with Crippen LogP contribution in [0.3, 0.4) is 0 Å². The highest BCUT2D eigenvalue weighted by molar-refractivity contribution is 6.50. The highest BCUT2D eigenvalue weighted by Gasteiger charge is 2.35. The van der Waals surface area contributed by atoms with Crippen molar-refractivity contribution in [1.82, 2.24) is 15.2 Å². The summed E-state index contributed by atoms with van der Waals surface area (Å²) in [6, 6.07) is 24.9. The van der Waals surface area contributed by atoms with E-state index in [0.717, 1.165) is 68.3 Å². The second kappa shape index (κ2) is 13.2. The quantitative estimate of drug-likeness (QED) is 0.215. The summed E-state index contributed by atoms with van der Waals surface area (Å²) < 4.78 is 12.8. The molecule has 4 amide bonds. The van der Waals surface area contributed by atoms with Gasteiger partial charge in [0.2, 0.25) is 0 Å². The Morgan fingerprint density at radius 1 is 0.537 bits per heavy atom. The number of ether oxygens (including phenoxy) is 2. The minimum Gasteiger partial charge on any atom is -0.497 e. The minimum atomic E-state index is -0.366. The maximum atomic E-state index is 12.7. The zero-order valence-corrected chi connectivity index (χ0v) is 30.1. The molecule has 5 aliphatic rings. The van der Waals surface area contributed by atoms with Gasteiger partial charge in [0.25, 0.3) is 23.6 Å². The molecule has 0 saturated heterocycles. The van der Waals surface area contributed by atoms with Crippen molar-refractivity contribution < 1.29 is 28.7 Å². The van der Waals surface area contributed by atoms with Crippen LogP contribution in [0.5, 0.6) is 11.5 Å². The average molecular weight is 719 g/mol. The second-order valence-corrected chi connectivity index (χ2v) is 14.2. The molecule has 0 bridgehead atoms. The monoisotopic (exact) mass is 718 g/mol. The maximum Gasteiger partial charge on any atom is 0.259 e. The molecule has 0 fully saturated rings. The lowest BCUT2D eigenvalue weighted by Crippen LogP contribution is -2.26. The zero-order chi connectivity index (χ0) is 37.1. The van der Waals surface area contributed by atoms with E-state index >= 15 is 0 Å². The molecule has 4 aromatic carbocycles. The Morgan fingerprint density at radius 2 is 1.06 bits per heavy atom. The van der Waals surface area contributed by atoms with E-state index in [0.29, 0.717) is 44.9 Å². The summed E-state index contributed by atoms with van der Waals surface area (Å²) in [6.07, 6.45) is 7.29. The van der Waals surface area contributed by atoms with Gasteiger partial charge in [0, 0.05) is 36.9 Å². The molecule has 6 heterocycles. The van der Waals surface area contributed by atoms with Crippen LogP contribution in [0.4, 0.5) is 5.69 Å². The van der Waals surface area contributed by atoms with Gasteiger partial charge in [-0.3, -0.25) is 29.8 Å². The summed E-state index contributed by atoms with van der Waals surface area (Å²) in [6.45, 7) is 3.17. The van der Waals surface area contributed by atoms with Gasteiger partial charge in [-0.1, -0.05) is 24.3 Å². The third kappa shape index (κ3) is 5.57. The van der Waals surface area contributed by atoms with E-state index in [2.05, 4.69) is 50.6 Å². The Morgan fingerprint density at radius 3 is 1.67 bits per heavy atom. The molecule has 10 nitrogen and oxygen atoms in total. The smallest absolute Gasteiger partial charge is 0.259 e. The molecule has 10 rings (SSSR count). The van der Waals surface area contributed by atoms with Crippen molar-refractivity contribution in [1.29, 1.82) is 0 Å². The molecule has 54 heavy (non-hydrogen) atoms. The molecule has 5 aliphatic heterocycles. The molecular weight excluding hydrogens is 681 g/mol. The van der Waals surface area contributed by atoms with Gasteiger partial charge in [0.1, 0.15) is 11.5 Å². The molecule has 0 radical (unpaired) electrons. The Hall–Kier alpha value is -6.42. The van der Waals surface area contributed by atoms with Crippen molar-refractivity contribution in [3.63, 3.8) is 0 Å².